The van der Waals surface area contributed by atoms with Gasteiger partial charge >= 0.3 is 0 Å². The summed E-state index contributed by atoms with van der Waals surface area (Å²) < 4.78 is 2.98. The second-order valence-corrected chi connectivity index (χ2v) is 4.86. The van der Waals surface area contributed by atoms with E-state index >= 15 is 0 Å². The summed E-state index contributed by atoms with van der Waals surface area (Å²) in [4.78, 5) is 8.67. The maximum atomic E-state index is 4.45. The summed E-state index contributed by atoms with van der Waals surface area (Å²) in [7, 11) is 0. The Labute approximate surface area is 115 Å². The fourth-order valence-electron chi connectivity index (χ4n) is 1.69. The van der Waals surface area contributed by atoms with Crippen molar-refractivity contribution in [1.29, 1.82) is 0 Å². The van der Waals surface area contributed by atoms with Gasteiger partial charge in [0.25, 0.3) is 0 Å². The van der Waals surface area contributed by atoms with Gasteiger partial charge in [-0.3, -0.25) is 9.67 Å². The molecular formula is C12H16BrN5. The van der Waals surface area contributed by atoms with Crippen molar-refractivity contribution in [3.05, 3.63) is 33.9 Å². The van der Waals surface area contributed by atoms with E-state index < -0.39 is 0 Å². The highest BCUT2D eigenvalue weighted by atomic mass is 79.9. The maximum Gasteiger partial charge on any atom is 0.144 e. The van der Waals surface area contributed by atoms with Crippen LogP contribution in [-0.4, -0.2) is 26.3 Å². The third kappa shape index (κ3) is 2.69. The quantitative estimate of drug-likeness (QED) is 0.943. The molecule has 0 aliphatic heterocycles. The molecule has 1 N–H and O–H groups in total. The van der Waals surface area contributed by atoms with Crippen LogP contribution in [0, 0.1) is 13.8 Å². The number of nitrogens with one attached hydrogen (secondary N) is 1. The minimum atomic E-state index is 0.637. The van der Waals surface area contributed by atoms with E-state index in [1.807, 2.05) is 25.5 Å². The van der Waals surface area contributed by atoms with E-state index in [0.717, 1.165) is 33.9 Å². The number of hydrogen-bond donors (Lipinski definition) is 1. The molecule has 96 valence electrons. The Balaban J connectivity index is 2.15. The zero-order valence-corrected chi connectivity index (χ0v) is 12.3. The molecule has 2 heterocycles. The first-order valence-corrected chi connectivity index (χ1v) is 6.65. The highest BCUT2D eigenvalue weighted by molar-refractivity contribution is 9.10. The van der Waals surface area contributed by atoms with Gasteiger partial charge in [-0.25, -0.2) is 4.98 Å². The van der Waals surface area contributed by atoms with Gasteiger partial charge < -0.3 is 5.32 Å². The highest BCUT2D eigenvalue weighted by Crippen LogP contribution is 2.20. The van der Waals surface area contributed by atoms with Crippen molar-refractivity contribution in [3.63, 3.8) is 0 Å². The third-order valence-corrected chi connectivity index (χ3v) is 3.82. The molecule has 2 aromatic heterocycles. The van der Waals surface area contributed by atoms with E-state index in [4.69, 9.17) is 0 Å². The second-order valence-electron chi connectivity index (χ2n) is 4.07. The van der Waals surface area contributed by atoms with Gasteiger partial charge in [-0.15, -0.1) is 0 Å². The van der Waals surface area contributed by atoms with E-state index in [0.29, 0.717) is 6.54 Å². The number of halogens is 1. The summed E-state index contributed by atoms with van der Waals surface area (Å²) in [5, 5.41) is 7.57. The third-order valence-electron chi connectivity index (χ3n) is 2.67. The molecule has 5 nitrogen and oxygen atoms in total. The first kappa shape index (κ1) is 13.0. The van der Waals surface area contributed by atoms with Crippen LogP contribution in [0.5, 0.6) is 0 Å². The normalized spacial score (nSPS) is 10.7. The lowest BCUT2D eigenvalue weighted by Gasteiger charge is -2.05. The molecular weight excluding hydrogens is 294 g/mol. The summed E-state index contributed by atoms with van der Waals surface area (Å²) in [6, 6.07) is 0. The number of rotatable bonds is 4. The second kappa shape index (κ2) is 5.48. The molecule has 0 aliphatic rings. The molecule has 0 aliphatic carbocycles. The number of anilines is 1. The molecule has 0 saturated carbocycles. The maximum absolute atomic E-state index is 4.45. The Bertz CT molecular complexity index is 532. The van der Waals surface area contributed by atoms with Crippen molar-refractivity contribution in [3.8, 4) is 0 Å². The molecule has 18 heavy (non-hydrogen) atoms. The zero-order valence-electron chi connectivity index (χ0n) is 10.7. The lowest BCUT2D eigenvalue weighted by molar-refractivity contribution is 0.644. The van der Waals surface area contributed by atoms with Crippen LogP contribution >= 0.6 is 15.9 Å². The monoisotopic (exact) mass is 309 g/mol. The smallest absolute Gasteiger partial charge is 0.144 e. The summed E-state index contributed by atoms with van der Waals surface area (Å²) in [5.74, 6) is 0.802. The first-order valence-electron chi connectivity index (χ1n) is 5.86. The van der Waals surface area contributed by atoms with Crippen molar-refractivity contribution >= 4 is 21.7 Å². The summed E-state index contributed by atoms with van der Waals surface area (Å²) in [5.41, 5.74) is 2.99. The van der Waals surface area contributed by atoms with Crippen LogP contribution < -0.4 is 5.32 Å². The van der Waals surface area contributed by atoms with Gasteiger partial charge in [-0.2, -0.15) is 5.10 Å². The molecule has 0 radical (unpaired) electrons. The summed E-state index contributed by atoms with van der Waals surface area (Å²) in [6.45, 7) is 7.52. The van der Waals surface area contributed by atoms with Gasteiger partial charge in [0.05, 0.1) is 40.5 Å². The van der Waals surface area contributed by atoms with E-state index in [1.165, 1.54) is 0 Å². The van der Waals surface area contributed by atoms with Crippen molar-refractivity contribution in [2.45, 2.75) is 27.3 Å². The molecule has 0 aromatic carbocycles. The fourth-order valence-corrected chi connectivity index (χ4v) is 1.98. The fraction of sp³-hybridized carbons (Fsp3) is 0.417. The van der Waals surface area contributed by atoms with E-state index in [2.05, 4.69) is 36.3 Å². The molecule has 2 aromatic rings. The minimum absolute atomic E-state index is 0.637. The van der Waals surface area contributed by atoms with Gasteiger partial charge in [0.1, 0.15) is 5.82 Å². The van der Waals surface area contributed by atoms with Crippen LogP contribution in [0.4, 0.5) is 5.82 Å². The molecule has 0 amide bonds. The molecule has 0 atom stereocenters. The van der Waals surface area contributed by atoms with Gasteiger partial charge in [0, 0.05) is 6.54 Å². The highest BCUT2D eigenvalue weighted by Gasteiger charge is 2.09. The van der Waals surface area contributed by atoms with E-state index in [-0.39, 0.29) is 0 Å². The van der Waals surface area contributed by atoms with Gasteiger partial charge in [0.15, 0.2) is 0 Å². The molecule has 2 rings (SSSR count). The molecule has 0 saturated heterocycles. The average Bonchev–Trinajstić information content (AvgIpc) is 2.60. The van der Waals surface area contributed by atoms with Crippen LogP contribution in [0.25, 0.3) is 0 Å². The predicted molar refractivity (Wildman–Crippen MR) is 74.7 cm³/mol. The average molecular weight is 310 g/mol. The Kier molecular flexibility index (Phi) is 3.96. The molecule has 0 unspecified atom stereocenters. The van der Waals surface area contributed by atoms with Crippen LogP contribution in [0.3, 0.4) is 0 Å². The molecule has 0 fully saturated rings. The topological polar surface area (TPSA) is 55.6 Å². The molecule has 0 spiro atoms. The number of aromatic nitrogens is 4. The van der Waals surface area contributed by atoms with Crippen molar-refractivity contribution in [1.82, 2.24) is 19.7 Å². The Hall–Kier alpha value is -1.43. The minimum Gasteiger partial charge on any atom is -0.369 e. The van der Waals surface area contributed by atoms with E-state index in [1.54, 1.807) is 12.4 Å². The number of nitrogens with zero attached hydrogens (tertiary/aromatic N) is 4. The van der Waals surface area contributed by atoms with Gasteiger partial charge in [-0.1, -0.05) is 0 Å². The largest absolute Gasteiger partial charge is 0.369 e. The molecule has 0 bridgehead atoms. The Morgan fingerprint density at radius 1 is 1.28 bits per heavy atom. The van der Waals surface area contributed by atoms with Gasteiger partial charge in [0.2, 0.25) is 0 Å². The lowest BCUT2D eigenvalue weighted by Crippen LogP contribution is -2.07. The zero-order chi connectivity index (χ0) is 13.1. The summed E-state index contributed by atoms with van der Waals surface area (Å²) >= 11 is 3.52. The lowest BCUT2D eigenvalue weighted by atomic mass is 10.4. The SMILES string of the molecule is CCNc1cnc(Cn2nc(C)c(Br)c2C)cn1. The van der Waals surface area contributed by atoms with E-state index in [9.17, 15) is 0 Å². The number of hydrogen-bond acceptors (Lipinski definition) is 4. The predicted octanol–water partition coefficient (Wildman–Crippen LogP) is 2.53. The van der Waals surface area contributed by atoms with Crippen LogP contribution in [0.1, 0.15) is 24.0 Å². The summed E-state index contributed by atoms with van der Waals surface area (Å²) in [6.07, 6.45) is 3.53. The van der Waals surface area contributed by atoms with Crippen LogP contribution in [0.2, 0.25) is 0 Å². The molecule has 6 heteroatoms. The van der Waals surface area contributed by atoms with Crippen LogP contribution in [-0.2, 0) is 6.54 Å². The Morgan fingerprint density at radius 2 is 2.06 bits per heavy atom. The van der Waals surface area contributed by atoms with Crippen LogP contribution in [0.15, 0.2) is 16.9 Å². The van der Waals surface area contributed by atoms with Crippen molar-refractivity contribution < 1.29 is 0 Å². The number of aryl methyl sites for hydroxylation is 1. The van der Waals surface area contributed by atoms with Crippen molar-refractivity contribution in [2.75, 3.05) is 11.9 Å². The standard InChI is InChI=1S/C12H16BrN5/c1-4-14-11-6-15-10(5-16-11)7-18-9(3)12(13)8(2)17-18/h5-6H,4,7H2,1-3H3,(H,14,16). The van der Waals surface area contributed by atoms with Crippen molar-refractivity contribution in [2.24, 2.45) is 0 Å². The first-order chi connectivity index (χ1) is 8.61. The Morgan fingerprint density at radius 3 is 2.56 bits per heavy atom. The van der Waals surface area contributed by atoms with Gasteiger partial charge in [-0.05, 0) is 36.7 Å².